The fourth-order valence-electron chi connectivity index (χ4n) is 6.07. The Labute approximate surface area is 328 Å². The molecule has 3 aromatic carbocycles. The first-order chi connectivity index (χ1) is 26.8. The van der Waals surface area contributed by atoms with Gasteiger partial charge in [-0.2, -0.15) is 26.3 Å². The van der Waals surface area contributed by atoms with Gasteiger partial charge in [-0.1, -0.05) is 54.6 Å². The lowest BCUT2D eigenvalue weighted by Crippen LogP contribution is -2.42. The maximum Gasteiger partial charge on any atom is 0.416 e. The number of hydrogen-bond donors (Lipinski definition) is 1. The highest BCUT2D eigenvalue weighted by atomic mass is 19.4. The van der Waals surface area contributed by atoms with Crippen LogP contribution in [0.4, 0.5) is 31.1 Å². The topological polar surface area (TPSA) is 95.4 Å². The highest BCUT2D eigenvalue weighted by Crippen LogP contribution is 2.31. The fraction of sp³-hybridized carbons (Fsp3) is 0.405. The number of amides is 1. The first-order valence-corrected chi connectivity index (χ1v) is 18.3. The number of alkyl halides is 6. The minimum absolute atomic E-state index is 0.0796. The largest absolute Gasteiger partial charge is 0.465 e. The molecule has 0 saturated heterocycles. The molecule has 0 spiro atoms. The van der Waals surface area contributed by atoms with Crippen LogP contribution < -0.4 is 0 Å². The molecule has 0 bridgehead atoms. The minimum Gasteiger partial charge on any atom is -0.465 e. The Morgan fingerprint density at radius 3 is 1.65 bits per heavy atom. The van der Waals surface area contributed by atoms with Crippen molar-refractivity contribution in [1.29, 1.82) is 0 Å². The van der Waals surface area contributed by atoms with Crippen molar-refractivity contribution in [3.63, 3.8) is 0 Å². The van der Waals surface area contributed by atoms with Gasteiger partial charge in [0, 0.05) is 59.0 Å². The van der Waals surface area contributed by atoms with Gasteiger partial charge in [-0.05, 0) is 80.3 Å². The molecule has 0 atom stereocenters. The van der Waals surface area contributed by atoms with Crippen LogP contribution in [0.15, 0.2) is 91.0 Å². The molecule has 308 valence electrons. The number of aliphatic hydroxyl groups is 1. The van der Waals surface area contributed by atoms with Crippen molar-refractivity contribution in [3.05, 3.63) is 136 Å². The Hall–Kier alpha value is -4.99. The standard InChI is InChI=1S/C42H48F6N4O5/c1-40(2,3)57-39(55)52(18-9-21-53)20-19-50(25-31-11-6-14-34(23-31)41(43,44)45)28-36-16-8-17-37(49-36)29-51(26-30-10-5-13-33(22-30)38(54)56-4)27-32-12-7-15-35(24-32)42(46,47)48/h5-8,10-17,22-24,53H,9,18-21,25-29H2,1-4H3. The number of benzene rings is 3. The summed E-state index contributed by atoms with van der Waals surface area (Å²) < 4.78 is 92.2. The second kappa shape index (κ2) is 19.9. The summed E-state index contributed by atoms with van der Waals surface area (Å²) in [6.07, 6.45) is -9.38. The van der Waals surface area contributed by atoms with Gasteiger partial charge in [0.15, 0.2) is 0 Å². The number of nitrogens with zero attached hydrogens (tertiary/aromatic N) is 4. The summed E-state index contributed by atoms with van der Waals surface area (Å²) >= 11 is 0. The number of carbonyl (C=O) groups excluding carboxylic acids is 2. The molecule has 9 nitrogen and oxygen atoms in total. The Kier molecular flexibility index (Phi) is 15.6. The van der Waals surface area contributed by atoms with Crippen LogP contribution in [-0.4, -0.2) is 75.8 Å². The van der Waals surface area contributed by atoms with Gasteiger partial charge in [0.05, 0.1) is 35.2 Å². The Bertz CT molecular complexity index is 1930. The van der Waals surface area contributed by atoms with E-state index in [2.05, 4.69) is 0 Å². The molecule has 0 aliphatic carbocycles. The third-order valence-corrected chi connectivity index (χ3v) is 8.63. The van der Waals surface area contributed by atoms with Gasteiger partial charge in [0.2, 0.25) is 0 Å². The van der Waals surface area contributed by atoms with Crippen molar-refractivity contribution in [2.24, 2.45) is 0 Å². The Morgan fingerprint density at radius 1 is 0.649 bits per heavy atom. The molecule has 0 aliphatic heterocycles. The number of hydrogen-bond acceptors (Lipinski definition) is 8. The zero-order valence-electron chi connectivity index (χ0n) is 32.4. The fourth-order valence-corrected chi connectivity index (χ4v) is 6.07. The summed E-state index contributed by atoms with van der Waals surface area (Å²) in [6.45, 7) is 6.36. The zero-order valence-corrected chi connectivity index (χ0v) is 32.4. The summed E-state index contributed by atoms with van der Waals surface area (Å²) in [6, 6.07) is 22.1. The van der Waals surface area contributed by atoms with Crippen molar-refractivity contribution in [3.8, 4) is 0 Å². The van der Waals surface area contributed by atoms with Crippen molar-refractivity contribution < 1.29 is 50.5 Å². The predicted octanol–water partition coefficient (Wildman–Crippen LogP) is 8.73. The quantitative estimate of drug-likeness (QED) is 0.0838. The molecule has 1 amide bonds. The SMILES string of the molecule is COC(=O)c1cccc(CN(Cc2cccc(C(F)(F)F)c2)Cc2cccc(CN(CCN(CCCO)C(=O)OC(C)(C)C)Cc3cccc(C(F)(F)F)c3)n2)c1. The third kappa shape index (κ3) is 14.8. The van der Waals surface area contributed by atoms with E-state index in [4.69, 9.17) is 14.5 Å². The average Bonchev–Trinajstić information content (AvgIpc) is 3.13. The number of aliphatic hydroxyl groups excluding tert-OH is 1. The van der Waals surface area contributed by atoms with Gasteiger partial charge in [-0.25, -0.2) is 9.59 Å². The van der Waals surface area contributed by atoms with E-state index in [9.17, 15) is 41.0 Å². The highest BCUT2D eigenvalue weighted by Gasteiger charge is 2.31. The molecule has 15 heteroatoms. The van der Waals surface area contributed by atoms with Gasteiger partial charge in [-0.3, -0.25) is 14.8 Å². The van der Waals surface area contributed by atoms with Gasteiger partial charge >= 0.3 is 24.4 Å². The maximum atomic E-state index is 13.6. The number of carbonyl (C=O) groups is 2. The number of esters is 1. The van der Waals surface area contributed by atoms with Crippen molar-refractivity contribution in [2.45, 2.75) is 77.9 Å². The van der Waals surface area contributed by atoms with Gasteiger partial charge < -0.3 is 19.5 Å². The van der Waals surface area contributed by atoms with E-state index in [1.807, 2.05) is 9.80 Å². The molecule has 1 heterocycles. The van der Waals surface area contributed by atoms with Gasteiger partial charge in [-0.15, -0.1) is 0 Å². The lowest BCUT2D eigenvalue weighted by Gasteiger charge is -2.30. The molecular formula is C42H48F6N4O5. The molecule has 1 aromatic heterocycles. The number of aromatic nitrogens is 1. The summed E-state index contributed by atoms with van der Waals surface area (Å²) in [4.78, 5) is 35.4. The number of rotatable bonds is 17. The van der Waals surface area contributed by atoms with Crippen LogP contribution in [0.1, 0.15) is 76.8 Å². The molecule has 0 aliphatic rings. The number of ether oxygens (including phenoxy) is 2. The molecule has 0 radical (unpaired) electrons. The van der Waals surface area contributed by atoms with Crippen LogP contribution in [0.5, 0.6) is 0 Å². The molecule has 4 aromatic rings. The first-order valence-electron chi connectivity index (χ1n) is 18.3. The van der Waals surface area contributed by atoms with E-state index < -0.39 is 41.1 Å². The summed E-state index contributed by atoms with van der Waals surface area (Å²) in [5.74, 6) is -0.534. The van der Waals surface area contributed by atoms with E-state index in [-0.39, 0.29) is 59.0 Å². The van der Waals surface area contributed by atoms with E-state index in [1.54, 1.807) is 75.4 Å². The average molecular weight is 803 g/mol. The zero-order chi connectivity index (χ0) is 41.8. The molecule has 0 unspecified atom stereocenters. The van der Waals surface area contributed by atoms with E-state index in [0.29, 0.717) is 40.1 Å². The van der Waals surface area contributed by atoms with Crippen molar-refractivity contribution in [1.82, 2.24) is 19.7 Å². The lowest BCUT2D eigenvalue weighted by atomic mass is 10.1. The van der Waals surface area contributed by atoms with Crippen LogP contribution in [-0.2, 0) is 54.6 Å². The van der Waals surface area contributed by atoms with Crippen LogP contribution >= 0.6 is 0 Å². The lowest BCUT2D eigenvalue weighted by molar-refractivity contribution is -0.138. The summed E-state index contributed by atoms with van der Waals surface area (Å²) in [5, 5.41) is 9.47. The molecule has 0 fully saturated rings. The number of halogens is 6. The Morgan fingerprint density at radius 2 is 1.14 bits per heavy atom. The molecule has 0 saturated carbocycles. The van der Waals surface area contributed by atoms with E-state index in [0.717, 1.165) is 24.3 Å². The number of pyridine rings is 1. The van der Waals surface area contributed by atoms with Crippen LogP contribution in [0, 0.1) is 0 Å². The van der Waals surface area contributed by atoms with E-state index in [1.165, 1.54) is 24.1 Å². The third-order valence-electron chi connectivity index (χ3n) is 8.63. The Balaban J connectivity index is 1.63. The predicted molar refractivity (Wildman–Crippen MR) is 201 cm³/mol. The van der Waals surface area contributed by atoms with Crippen LogP contribution in [0.25, 0.3) is 0 Å². The second-order valence-corrected chi connectivity index (χ2v) is 14.6. The number of methoxy groups -OCH3 is 1. The molecule has 57 heavy (non-hydrogen) atoms. The summed E-state index contributed by atoms with van der Waals surface area (Å²) in [5.41, 5.74) is 0.601. The summed E-state index contributed by atoms with van der Waals surface area (Å²) in [7, 11) is 1.27. The van der Waals surface area contributed by atoms with Crippen molar-refractivity contribution in [2.75, 3.05) is 33.4 Å². The molecular weight excluding hydrogens is 754 g/mol. The smallest absolute Gasteiger partial charge is 0.416 e. The first kappa shape index (κ1) is 44.7. The molecule has 1 N–H and O–H groups in total. The molecule has 4 rings (SSSR count). The maximum absolute atomic E-state index is 13.6. The normalized spacial score (nSPS) is 12.2. The monoisotopic (exact) mass is 802 g/mol. The van der Waals surface area contributed by atoms with Crippen LogP contribution in [0.2, 0.25) is 0 Å². The van der Waals surface area contributed by atoms with Gasteiger partial charge in [0.1, 0.15) is 5.60 Å². The van der Waals surface area contributed by atoms with Crippen LogP contribution in [0.3, 0.4) is 0 Å². The van der Waals surface area contributed by atoms with E-state index >= 15 is 0 Å². The highest BCUT2D eigenvalue weighted by molar-refractivity contribution is 5.89. The van der Waals surface area contributed by atoms with Gasteiger partial charge in [0.25, 0.3) is 0 Å². The van der Waals surface area contributed by atoms with Crippen molar-refractivity contribution >= 4 is 12.1 Å². The second-order valence-electron chi connectivity index (χ2n) is 14.6. The minimum atomic E-state index is -4.55.